The fourth-order valence-corrected chi connectivity index (χ4v) is 4.68. The molecule has 2 N–H and O–H groups in total. The van der Waals surface area contributed by atoms with Crippen molar-refractivity contribution in [3.8, 4) is 11.1 Å². The fraction of sp³-hybridized carbons (Fsp3) is 0.172. The topological polar surface area (TPSA) is 70.4 Å². The third kappa shape index (κ3) is 4.68. The number of fused-ring (bicyclic) bond motifs is 3. The van der Waals surface area contributed by atoms with Crippen molar-refractivity contribution < 1.29 is 4.92 Å². The Bertz CT molecular complexity index is 1360. The third-order valence-corrected chi connectivity index (χ3v) is 6.54. The van der Waals surface area contributed by atoms with E-state index in [1.165, 1.54) is 11.3 Å². The standard InChI is InChI=1S/C29H28N4O2/c1-3-32(4-2)26-13-11-24(12-14-26)30-22-7-9-23(10-8-22)31-25-6-5-20-17-21-18-27(33(34)35)15-16-28(21)29(20)19-25/h5-16,18-19,30-31H,3-4,17H2,1-2H3. The maximum atomic E-state index is 11.1. The highest BCUT2D eigenvalue weighted by atomic mass is 16.6. The predicted octanol–water partition coefficient (Wildman–Crippen LogP) is 7.50. The van der Waals surface area contributed by atoms with Crippen molar-refractivity contribution in [3.05, 3.63) is 106 Å². The Labute approximate surface area is 205 Å². The summed E-state index contributed by atoms with van der Waals surface area (Å²) < 4.78 is 0. The molecule has 0 aliphatic heterocycles. The van der Waals surface area contributed by atoms with E-state index in [9.17, 15) is 10.1 Å². The molecule has 0 fully saturated rings. The lowest BCUT2D eigenvalue weighted by Crippen LogP contribution is -2.21. The fourth-order valence-electron chi connectivity index (χ4n) is 4.68. The van der Waals surface area contributed by atoms with Gasteiger partial charge in [-0.2, -0.15) is 0 Å². The molecule has 4 aromatic rings. The van der Waals surface area contributed by atoms with Crippen LogP contribution in [-0.4, -0.2) is 18.0 Å². The third-order valence-electron chi connectivity index (χ3n) is 6.54. The SMILES string of the molecule is CCN(CC)c1ccc(Nc2ccc(Nc3ccc4c(c3)-c3ccc([N+](=O)[O-])cc3C4)cc2)cc1. The lowest BCUT2D eigenvalue weighted by molar-refractivity contribution is -0.384. The summed E-state index contributed by atoms with van der Waals surface area (Å²) in [6, 6.07) is 28.1. The zero-order chi connectivity index (χ0) is 24.4. The first-order chi connectivity index (χ1) is 17.0. The van der Waals surface area contributed by atoms with Crippen LogP contribution in [-0.2, 0) is 6.42 Å². The first kappa shape index (κ1) is 22.5. The van der Waals surface area contributed by atoms with Crippen molar-refractivity contribution in [1.29, 1.82) is 0 Å². The molecule has 0 spiro atoms. The molecule has 1 aliphatic carbocycles. The van der Waals surface area contributed by atoms with E-state index in [0.717, 1.165) is 59.0 Å². The normalized spacial score (nSPS) is 11.5. The molecular formula is C29H28N4O2. The van der Waals surface area contributed by atoms with E-state index in [1.54, 1.807) is 12.1 Å². The van der Waals surface area contributed by atoms with Gasteiger partial charge in [0.25, 0.3) is 5.69 Å². The molecule has 0 amide bonds. The minimum Gasteiger partial charge on any atom is -0.372 e. The van der Waals surface area contributed by atoms with E-state index in [2.05, 4.69) is 96.1 Å². The second-order valence-electron chi connectivity index (χ2n) is 8.69. The smallest absolute Gasteiger partial charge is 0.269 e. The number of non-ortho nitro benzene ring substituents is 1. The summed E-state index contributed by atoms with van der Waals surface area (Å²) >= 11 is 0. The van der Waals surface area contributed by atoms with Crippen LogP contribution >= 0.6 is 0 Å². The van der Waals surface area contributed by atoms with Crippen molar-refractivity contribution in [1.82, 2.24) is 0 Å². The number of nitrogens with zero attached hydrogens (tertiary/aromatic N) is 2. The Balaban J connectivity index is 1.27. The van der Waals surface area contributed by atoms with Crippen molar-refractivity contribution in [2.45, 2.75) is 20.3 Å². The van der Waals surface area contributed by atoms with Gasteiger partial charge in [0.05, 0.1) is 4.92 Å². The molecule has 176 valence electrons. The number of nitro groups is 1. The van der Waals surface area contributed by atoms with Crippen LogP contribution in [0.1, 0.15) is 25.0 Å². The monoisotopic (exact) mass is 464 g/mol. The molecule has 4 aromatic carbocycles. The summed E-state index contributed by atoms with van der Waals surface area (Å²) in [6.45, 7) is 6.33. The summed E-state index contributed by atoms with van der Waals surface area (Å²) in [5.74, 6) is 0. The highest BCUT2D eigenvalue weighted by Gasteiger charge is 2.21. The number of benzene rings is 4. The van der Waals surface area contributed by atoms with Gasteiger partial charge in [-0.3, -0.25) is 10.1 Å². The number of nitro benzene ring substituents is 1. The number of anilines is 5. The molecular weight excluding hydrogens is 436 g/mol. The number of hydrogen-bond acceptors (Lipinski definition) is 5. The summed E-state index contributed by atoms with van der Waals surface area (Å²) in [4.78, 5) is 13.1. The van der Waals surface area contributed by atoms with Crippen LogP contribution < -0.4 is 15.5 Å². The van der Waals surface area contributed by atoms with Gasteiger partial charge < -0.3 is 15.5 Å². The zero-order valence-corrected chi connectivity index (χ0v) is 19.9. The van der Waals surface area contributed by atoms with E-state index in [4.69, 9.17) is 0 Å². The summed E-state index contributed by atoms with van der Waals surface area (Å²) in [7, 11) is 0. The number of hydrogen-bond donors (Lipinski definition) is 2. The average Bonchev–Trinajstić information content (AvgIpc) is 3.24. The first-order valence-corrected chi connectivity index (χ1v) is 11.9. The van der Waals surface area contributed by atoms with Gasteiger partial charge in [-0.15, -0.1) is 0 Å². The predicted molar refractivity (Wildman–Crippen MR) is 144 cm³/mol. The van der Waals surface area contributed by atoms with Crippen LogP contribution in [0.3, 0.4) is 0 Å². The van der Waals surface area contributed by atoms with Crippen molar-refractivity contribution >= 4 is 34.1 Å². The van der Waals surface area contributed by atoms with Crippen LogP contribution in [0.25, 0.3) is 11.1 Å². The van der Waals surface area contributed by atoms with E-state index in [1.807, 2.05) is 6.07 Å². The molecule has 0 aromatic heterocycles. The Morgan fingerprint density at radius 1 is 0.714 bits per heavy atom. The van der Waals surface area contributed by atoms with Gasteiger partial charge in [0, 0.05) is 53.7 Å². The molecule has 6 heteroatoms. The van der Waals surface area contributed by atoms with Gasteiger partial charge in [-0.25, -0.2) is 0 Å². The molecule has 6 nitrogen and oxygen atoms in total. The molecule has 0 radical (unpaired) electrons. The van der Waals surface area contributed by atoms with Crippen LogP contribution in [0.2, 0.25) is 0 Å². The van der Waals surface area contributed by atoms with E-state index in [0.29, 0.717) is 0 Å². The highest BCUT2D eigenvalue weighted by Crippen LogP contribution is 2.40. The van der Waals surface area contributed by atoms with Gasteiger partial charge in [0.15, 0.2) is 0 Å². The minimum atomic E-state index is -0.337. The van der Waals surface area contributed by atoms with E-state index >= 15 is 0 Å². The van der Waals surface area contributed by atoms with Gasteiger partial charge in [0.2, 0.25) is 0 Å². The molecule has 0 saturated carbocycles. The van der Waals surface area contributed by atoms with Gasteiger partial charge in [-0.05, 0) is 109 Å². The lowest BCUT2D eigenvalue weighted by Gasteiger charge is -2.21. The second-order valence-corrected chi connectivity index (χ2v) is 8.69. The van der Waals surface area contributed by atoms with Gasteiger partial charge in [0.1, 0.15) is 0 Å². The Morgan fingerprint density at radius 2 is 1.29 bits per heavy atom. The minimum absolute atomic E-state index is 0.142. The number of rotatable bonds is 8. The molecule has 0 heterocycles. The number of nitrogens with one attached hydrogen (secondary N) is 2. The van der Waals surface area contributed by atoms with Gasteiger partial charge in [-0.1, -0.05) is 6.07 Å². The molecule has 1 aliphatic rings. The molecule has 5 rings (SSSR count). The van der Waals surface area contributed by atoms with Crippen LogP contribution in [0, 0.1) is 10.1 Å². The molecule has 35 heavy (non-hydrogen) atoms. The maximum absolute atomic E-state index is 11.1. The van der Waals surface area contributed by atoms with E-state index in [-0.39, 0.29) is 10.6 Å². The summed E-state index contributed by atoms with van der Waals surface area (Å²) in [5, 5.41) is 18.0. The average molecular weight is 465 g/mol. The van der Waals surface area contributed by atoms with Gasteiger partial charge >= 0.3 is 0 Å². The Kier molecular flexibility index (Phi) is 6.10. The largest absolute Gasteiger partial charge is 0.372 e. The van der Waals surface area contributed by atoms with Crippen molar-refractivity contribution in [2.75, 3.05) is 28.6 Å². The van der Waals surface area contributed by atoms with E-state index < -0.39 is 0 Å². The van der Waals surface area contributed by atoms with Crippen LogP contribution in [0.5, 0.6) is 0 Å². The summed E-state index contributed by atoms with van der Waals surface area (Å²) in [6.07, 6.45) is 0.725. The Morgan fingerprint density at radius 3 is 1.89 bits per heavy atom. The molecule has 0 atom stereocenters. The molecule has 0 saturated heterocycles. The van der Waals surface area contributed by atoms with Crippen LogP contribution in [0.15, 0.2) is 84.9 Å². The highest BCUT2D eigenvalue weighted by molar-refractivity contribution is 5.81. The molecule has 0 bridgehead atoms. The quantitative estimate of drug-likeness (QED) is 0.184. The van der Waals surface area contributed by atoms with Crippen molar-refractivity contribution in [3.63, 3.8) is 0 Å². The zero-order valence-electron chi connectivity index (χ0n) is 19.9. The Hall–Kier alpha value is -4.32. The van der Waals surface area contributed by atoms with Crippen molar-refractivity contribution in [2.24, 2.45) is 0 Å². The maximum Gasteiger partial charge on any atom is 0.269 e. The second kappa shape index (κ2) is 9.50. The van der Waals surface area contributed by atoms with Crippen LogP contribution in [0.4, 0.5) is 34.1 Å². The first-order valence-electron chi connectivity index (χ1n) is 11.9. The lowest BCUT2D eigenvalue weighted by atomic mass is 10.0. The summed E-state index contributed by atoms with van der Waals surface area (Å²) in [5.41, 5.74) is 9.84. The molecule has 0 unspecified atom stereocenters.